The first-order valence-corrected chi connectivity index (χ1v) is 2.07. The Balaban J connectivity index is 0. The van der Waals surface area contributed by atoms with Gasteiger partial charge in [-0.3, -0.25) is 0 Å². The van der Waals surface area contributed by atoms with Gasteiger partial charge in [0.2, 0.25) is 0 Å². The van der Waals surface area contributed by atoms with Gasteiger partial charge in [-0.2, -0.15) is 6.42 Å². The molecule has 7 heavy (non-hydrogen) atoms. The molecule has 0 aliphatic carbocycles. The molecule has 0 aromatic rings. The van der Waals surface area contributed by atoms with E-state index in [1.165, 1.54) is 0 Å². The Morgan fingerprint density at radius 1 is 1.43 bits per heavy atom. The summed E-state index contributed by atoms with van der Waals surface area (Å²) in [6, 6.07) is 0. The van der Waals surface area contributed by atoms with E-state index in [0.717, 1.165) is 12.8 Å². The Labute approximate surface area is 69.9 Å². The maximum Gasteiger partial charge on any atom is 0.0496 e. The van der Waals surface area contributed by atoms with E-state index in [-0.39, 0.29) is 38.9 Å². The van der Waals surface area contributed by atoms with E-state index >= 15 is 0 Å². The van der Waals surface area contributed by atoms with Crippen molar-refractivity contribution in [1.82, 2.24) is 0 Å². The summed E-state index contributed by atoms with van der Waals surface area (Å²) in [5.74, 6) is 0. The molecule has 0 rings (SSSR count). The van der Waals surface area contributed by atoms with Gasteiger partial charge in [0.05, 0.1) is 0 Å². The van der Waals surface area contributed by atoms with E-state index in [2.05, 4.69) is 6.92 Å². The van der Waals surface area contributed by atoms with Crippen LogP contribution in [0.25, 0.3) is 0 Å². The molecule has 2 nitrogen and oxygen atoms in total. The van der Waals surface area contributed by atoms with Gasteiger partial charge in [0.15, 0.2) is 0 Å². The fourth-order valence-electron chi connectivity index (χ4n) is 0.236. The minimum absolute atomic E-state index is 0. The van der Waals surface area contributed by atoms with Crippen molar-refractivity contribution in [2.75, 3.05) is 0 Å². The SMILES string of the molecule is [CH2-]CCC(N)N.[Y]. The van der Waals surface area contributed by atoms with Gasteiger partial charge < -0.3 is 18.4 Å². The monoisotopic (exact) mass is 176 g/mol. The fourth-order valence-corrected chi connectivity index (χ4v) is 0.236. The van der Waals surface area contributed by atoms with Crippen molar-refractivity contribution in [2.45, 2.75) is 19.0 Å². The van der Waals surface area contributed by atoms with E-state index in [9.17, 15) is 0 Å². The molecule has 0 aromatic carbocycles. The zero-order valence-corrected chi connectivity index (χ0v) is 7.27. The summed E-state index contributed by atoms with van der Waals surface area (Å²) in [6.07, 6.45) is 1.49. The molecule has 0 atom stereocenters. The molecule has 0 aliphatic heterocycles. The first-order valence-electron chi connectivity index (χ1n) is 2.07. The van der Waals surface area contributed by atoms with E-state index in [4.69, 9.17) is 11.5 Å². The van der Waals surface area contributed by atoms with Crippen molar-refractivity contribution in [1.29, 1.82) is 0 Å². The van der Waals surface area contributed by atoms with Crippen LogP contribution in [0.1, 0.15) is 12.8 Å². The van der Waals surface area contributed by atoms with Gasteiger partial charge in [0, 0.05) is 38.9 Å². The fraction of sp³-hybridized carbons (Fsp3) is 0.750. The van der Waals surface area contributed by atoms with Crippen LogP contribution in [-0.2, 0) is 32.7 Å². The number of nitrogens with two attached hydrogens (primary N) is 2. The van der Waals surface area contributed by atoms with Gasteiger partial charge in [-0.15, -0.1) is 0 Å². The third kappa shape index (κ3) is 10.9. The van der Waals surface area contributed by atoms with Crippen molar-refractivity contribution in [3.8, 4) is 0 Å². The quantitative estimate of drug-likeness (QED) is 0.453. The van der Waals surface area contributed by atoms with Gasteiger partial charge in [-0.25, -0.2) is 0 Å². The molecule has 0 unspecified atom stereocenters. The predicted octanol–water partition coefficient (Wildman–Crippen LogP) is -0.158. The van der Waals surface area contributed by atoms with Crippen LogP contribution in [0, 0.1) is 6.92 Å². The van der Waals surface area contributed by atoms with Gasteiger partial charge in [0.1, 0.15) is 0 Å². The predicted molar refractivity (Wildman–Crippen MR) is 26.8 cm³/mol. The second kappa shape index (κ2) is 7.02. The number of rotatable bonds is 2. The largest absolute Gasteiger partial charge is 0.343 e. The smallest absolute Gasteiger partial charge is 0.0496 e. The Morgan fingerprint density at radius 2 is 1.86 bits per heavy atom. The van der Waals surface area contributed by atoms with Crippen LogP contribution in [0.5, 0.6) is 0 Å². The summed E-state index contributed by atoms with van der Waals surface area (Å²) in [5, 5.41) is 0. The third-order valence-electron chi connectivity index (χ3n) is 0.537. The topological polar surface area (TPSA) is 52.0 Å². The average Bonchev–Trinajstić information content (AvgIpc) is 1.35. The summed E-state index contributed by atoms with van der Waals surface area (Å²) >= 11 is 0. The molecule has 41 valence electrons. The maximum absolute atomic E-state index is 5.14. The molecule has 3 heteroatoms. The molecule has 0 bridgehead atoms. The van der Waals surface area contributed by atoms with E-state index < -0.39 is 0 Å². The minimum Gasteiger partial charge on any atom is -0.343 e. The van der Waals surface area contributed by atoms with Gasteiger partial charge >= 0.3 is 0 Å². The third-order valence-corrected chi connectivity index (χ3v) is 0.537. The molecular formula is C4H11N2Y-. The summed E-state index contributed by atoms with van der Waals surface area (Å²) in [6.45, 7) is 3.57. The van der Waals surface area contributed by atoms with E-state index in [1.807, 2.05) is 0 Å². The van der Waals surface area contributed by atoms with Crippen molar-refractivity contribution < 1.29 is 32.7 Å². The standard InChI is InChI=1S/C4H11N2.Y/c1-2-3-4(5)6;/h4H,1-3,5-6H2;/q-1;. The van der Waals surface area contributed by atoms with Crippen LogP contribution in [0.4, 0.5) is 0 Å². The first kappa shape index (κ1) is 10.9. The van der Waals surface area contributed by atoms with Gasteiger partial charge in [-0.05, 0) is 0 Å². The van der Waals surface area contributed by atoms with Crippen LogP contribution >= 0.6 is 0 Å². The van der Waals surface area contributed by atoms with Crippen LogP contribution in [0.15, 0.2) is 0 Å². The Morgan fingerprint density at radius 3 is 1.86 bits per heavy atom. The molecule has 0 aromatic heterocycles. The summed E-state index contributed by atoms with van der Waals surface area (Å²) in [4.78, 5) is 0. The van der Waals surface area contributed by atoms with Crippen LogP contribution in [-0.4, -0.2) is 6.17 Å². The molecule has 0 amide bonds. The molecule has 0 aliphatic rings. The van der Waals surface area contributed by atoms with E-state index in [0.29, 0.717) is 0 Å². The average molecular weight is 176 g/mol. The number of hydrogen-bond donors (Lipinski definition) is 2. The van der Waals surface area contributed by atoms with Crippen molar-refractivity contribution in [2.24, 2.45) is 11.5 Å². The first-order chi connectivity index (χ1) is 2.77. The van der Waals surface area contributed by atoms with Crippen molar-refractivity contribution in [3.63, 3.8) is 0 Å². The molecule has 1 radical (unpaired) electrons. The molecule has 4 N–H and O–H groups in total. The summed E-state index contributed by atoms with van der Waals surface area (Å²) in [7, 11) is 0. The van der Waals surface area contributed by atoms with Crippen LogP contribution in [0.2, 0.25) is 0 Å². The zero-order chi connectivity index (χ0) is 4.99. The van der Waals surface area contributed by atoms with Crippen LogP contribution in [0.3, 0.4) is 0 Å². The summed E-state index contributed by atoms with van der Waals surface area (Å²) < 4.78 is 0. The van der Waals surface area contributed by atoms with E-state index in [1.54, 1.807) is 0 Å². The number of hydrogen-bond acceptors (Lipinski definition) is 2. The Hall–Kier alpha value is 1.02. The molecule has 0 heterocycles. The Kier molecular flexibility index (Phi) is 10.9. The zero-order valence-electron chi connectivity index (χ0n) is 4.43. The van der Waals surface area contributed by atoms with Crippen molar-refractivity contribution in [3.05, 3.63) is 6.92 Å². The maximum atomic E-state index is 5.14. The second-order valence-electron chi connectivity index (χ2n) is 1.31. The minimum atomic E-state index is -0.164. The second-order valence-corrected chi connectivity index (χ2v) is 1.31. The molecule has 0 saturated heterocycles. The van der Waals surface area contributed by atoms with Crippen LogP contribution < -0.4 is 11.5 Å². The van der Waals surface area contributed by atoms with Crippen molar-refractivity contribution >= 4 is 0 Å². The molecule has 0 saturated carbocycles. The summed E-state index contributed by atoms with van der Waals surface area (Å²) in [5.41, 5.74) is 10.3. The molecular weight excluding hydrogens is 165 g/mol. The Bertz CT molecular complexity index is 30.9. The van der Waals surface area contributed by atoms with Gasteiger partial charge in [0.25, 0.3) is 0 Å². The normalized spacial score (nSPS) is 8.57. The molecule has 0 spiro atoms. The molecule has 0 fully saturated rings. The van der Waals surface area contributed by atoms with Gasteiger partial charge in [-0.1, -0.05) is 6.42 Å².